The molecule has 180 valence electrons. The summed E-state index contributed by atoms with van der Waals surface area (Å²) < 4.78 is 28.4. The van der Waals surface area contributed by atoms with Crippen molar-refractivity contribution in [1.29, 1.82) is 0 Å². The zero-order valence-electron chi connectivity index (χ0n) is 18.5. The fourth-order valence-corrected chi connectivity index (χ4v) is 3.57. The average Bonchev–Trinajstić information content (AvgIpc) is 2.87. The second kappa shape index (κ2) is 10.0. The van der Waals surface area contributed by atoms with Crippen molar-refractivity contribution in [3.63, 3.8) is 0 Å². The van der Waals surface area contributed by atoms with E-state index in [-0.39, 0.29) is 28.2 Å². The third-order valence-corrected chi connectivity index (χ3v) is 5.28. The summed E-state index contributed by atoms with van der Waals surface area (Å²) in [4.78, 5) is 36.5. The zero-order chi connectivity index (χ0) is 25.8. The van der Waals surface area contributed by atoms with Crippen LogP contribution in [0.15, 0.2) is 84.9 Å². The van der Waals surface area contributed by atoms with E-state index in [1.807, 2.05) is 0 Å². The minimum absolute atomic E-state index is 0.0822. The quantitative estimate of drug-likeness (QED) is 0.184. The molecule has 0 aliphatic heterocycles. The van der Waals surface area contributed by atoms with Gasteiger partial charge in [-0.2, -0.15) is 0 Å². The lowest BCUT2D eigenvalue weighted by Crippen LogP contribution is -2.17. The van der Waals surface area contributed by atoms with E-state index in [1.165, 1.54) is 24.3 Å². The Morgan fingerprint density at radius 2 is 1.19 bits per heavy atom. The smallest absolute Gasteiger partial charge is 0.271 e. The molecule has 0 atom stereocenters. The summed E-state index contributed by atoms with van der Waals surface area (Å²) in [6.07, 6.45) is 0. The van der Waals surface area contributed by atoms with Crippen LogP contribution >= 0.6 is 0 Å². The highest BCUT2D eigenvalue weighted by molar-refractivity contribution is 6.13. The number of nitrogen functional groups attached to an aromatic ring is 1. The van der Waals surface area contributed by atoms with Gasteiger partial charge in [0.15, 0.2) is 0 Å². The molecule has 2 amide bonds. The fourth-order valence-electron chi connectivity index (χ4n) is 3.57. The lowest BCUT2D eigenvalue weighted by Gasteiger charge is -2.15. The first-order chi connectivity index (χ1) is 17.2. The monoisotopic (exact) mass is 488 g/mol. The summed E-state index contributed by atoms with van der Waals surface area (Å²) in [6, 6.07) is 19.2. The third-order valence-electron chi connectivity index (χ3n) is 5.28. The van der Waals surface area contributed by atoms with Crippen LogP contribution in [0.25, 0.3) is 11.1 Å². The minimum Gasteiger partial charge on any atom is -0.399 e. The predicted molar refractivity (Wildman–Crippen MR) is 132 cm³/mol. The number of nitro benzene ring substituents is 1. The molecule has 0 spiro atoms. The van der Waals surface area contributed by atoms with Gasteiger partial charge in [0.25, 0.3) is 17.5 Å². The molecule has 0 aliphatic rings. The molecule has 0 bridgehead atoms. The number of nitro groups is 1. The van der Waals surface area contributed by atoms with Crippen LogP contribution in [-0.4, -0.2) is 16.7 Å². The van der Waals surface area contributed by atoms with Crippen molar-refractivity contribution in [2.45, 2.75) is 0 Å². The molecule has 4 aromatic rings. The Morgan fingerprint density at radius 1 is 0.722 bits per heavy atom. The molecule has 10 heteroatoms. The SMILES string of the molecule is Nc1ccc(F)c(NC(=O)c2ccccc2-c2ccccc2C(=O)Nc2cc([N+](=O)[O-])ccc2F)c1. The maximum Gasteiger partial charge on any atom is 0.271 e. The van der Waals surface area contributed by atoms with Crippen LogP contribution < -0.4 is 16.4 Å². The minimum atomic E-state index is -0.852. The Labute approximate surface area is 203 Å². The van der Waals surface area contributed by atoms with Gasteiger partial charge < -0.3 is 16.4 Å². The van der Waals surface area contributed by atoms with Crippen LogP contribution in [0.3, 0.4) is 0 Å². The molecule has 0 saturated heterocycles. The lowest BCUT2D eigenvalue weighted by atomic mass is 9.94. The van der Waals surface area contributed by atoms with Gasteiger partial charge in [0.1, 0.15) is 11.6 Å². The number of carbonyl (C=O) groups is 2. The molecule has 4 rings (SSSR count). The first kappa shape index (κ1) is 24.0. The number of nitrogens with zero attached hydrogens (tertiary/aromatic N) is 1. The summed E-state index contributed by atoms with van der Waals surface area (Å²) in [5.74, 6) is -2.92. The van der Waals surface area contributed by atoms with Gasteiger partial charge in [0.05, 0.1) is 16.3 Å². The molecule has 8 nitrogen and oxygen atoms in total. The molecule has 0 saturated carbocycles. The number of benzene rings is 4. The zero-order valence-corrected chi connectivity index (χ0v) is 18.5. The summed E-state index contributed by atoms with van der Waals surface area (Å²) in [6.45, 7) is 0. The van der Waals surface area contributed by atoms with Gasteiger partial charge in [-0.1, -0.05) is 36.4 Å². The normalized spacial score (nSPS) is 10.5. The van der Waals surface area contributed by atoms with Crippen molar-refractivity contribution in [3.8, 4) is 11.1 Å². The molecule has 36 heavy (non-hydrogen) atoms. The Kier molecular flexibility index (Phi) is 6.68. The van der Waals surface area contributed by atoms with Crippen molar-refractivity contribution < 1.29 is 23.3 Å². The molecule has 0 radical (unpaired) electrons. The van der Waals surface area contributed by atoms with Crippen molar-refractivity contribution in [3.05, 3.63) is 118 Å². The first-order valence-corrected chi connectivity index (χ1v) is 10.5. The largest absolute Gasteiger partial charge is 0.399 e. The van der Waals surface area contributed by atoms with Crippen LogP contribution in [-0.2, 0) is 0 Å². The fraction of sp³-hybridized carbons (Fsp3) is 0. The van der Waals surface area contributed by atoms with Crippen LogP contribution in [0.2, 0.25) is 0 Å². The van der Waals surface area contributed by atoms with Gasteiger partial charge in [-0.05, 0) is 47.5 Å². The number of halogens is 2. The molecule has 4 aromatic carbocycles. The van der Waals surface area contributed by atoms with E-state index in [4.69, 9.17) is 5.73 Å². The number of rotatable bonds is 6. The van der Waals surface area contributed by atoms with Crippen LogP contribution in [0.1, 0.15) is 20.7 Å². The molecular formula is C26H18F2N4O4. The van der Waals surface area contributed by atoms with E-state index in [9.17, 15) is 28.5 Å². The highest BCUT2D eigenvalue weighted by Crippen LogP contribution is 2.30. The van der Waals surface area contributed by atoms with E-state index < -0.39 is 34.1 Å². The number of carbonyl (C=O) groups excluding carboxylic acids is 2. The Bertz CT molecular complexity index is 1510. The van der Waals surface area contributed by atoms with Gasteiger partial charge in [-0.25, -0.2) is 8.78 Å². The van der Waals surface area contributed by atoms with Gasteiger partial charge in [0, 0.05) is 28.9 Å². The molecule has 0 aliphatic carbocycles. The van der Waals surface area contributed by atoms with E-state index >= 15 is 0 Å². The second-order valence-corrected chi connectivity index (χ2v) is 7.66. The maximum absolute atomic E-state index is 14.2. The number of amides is 2. The Hall–Kier alpha value is -5.12. The van der Waals surface area contributed by atoms with Crippen LogP contribution in [0.5, 0.6) is 0 Å². The average molecular weight is 488 g/mol. The first-order valence-electron chi connectivity index (χ1n) is 10.5. The van der Waals surface area contributed by atoms with E-state index in [0.717, 1.165) is 24.3 Å². The van der Waals surface area contributed by atoms with Crippen LogP contribution in [0.4, 0.5) is 31.5 Å². The van der Waals surface area contributed by atoms with Crippen molar-refractivity contribution >= 4 is 34.6 Å². The Morgan fingerprint density at radius 3 is 1.72 bits per heavy atom. The topological polar surface area (TPSA) is 127 Å². The second-order valence-electron chi connectivity index (χ2n) is 7.66. The molecule has 0 unspecified atom stereocenters. The highest BCUT2D eigenvalue weighted by atomic mass is 19.1. The summed E-state index contributed by atoms with van der Waals surface area (Å²) in [5, 5.41) is 15.9. The van der Waals surface area contributed by atoms with Crippen molar-refractivity contribution in [2.24, 2.45) is 0 Å². The third kappa shape index (κ3) is 5.02. The number of hydrogen-bond acceptors (Lipinski definition) is 5. The number of non-ortho nitro benzene ring substituents is 1. The summed E-state index contributed by atoms with van der Waals surface area (Å²) >= 11 is 0. The van der Waals surface area contributed by atoms with Gasteiger partial charge in [0.2, 0.25) is 0 Å². The number of hydrogen-bond donors (Lipinski definition) is 3. The molecule has 0 heterocycles. The molecule has 0 aromatic heterocycles. The standard InChI is InChI=1S/C26H18F2N4O4/c27-21-11-9-15(29)13-23(21)30-25(33)19-7-3-1-5-17(19)18-6-2-4-8-20(18)26(34)31-24-14-16(32(35)36)10-12-22(24)28/h1-14H,29H2,(H,30,33)(H,31,34). The number of nitrogens with two attached hydrogens (primary N) is 1. The van der Waals surface area contributed by atoms with Crippen LogP contribution in [0, 0.1) is 21.7 Å². The van der Waals surface area contributed by atoms with E-state index in [0.29, 0.717) is 11.1 Å². The van der Waals surface area contributed by atoms with Crippen molar-refractivity contribution in [2.75, 3.05) is 16.4 Å². The predicted octanol–water partition coefficient (Wildman–Crippen LogP) is 5.63. The summed E-state index contributed by atoms with van der Waals surface area (Å²) in [7, 11) is 0. The molecule has 4 N–H and O–H groups in total. The van der Waals surface area contributed by atoms with Gasteiger partial charge in [-0.3, -0.25) is 19.7 Å². The van der Waals surface area contributed by atoms with E-state index in [2.05, 4.69) is 10.6 Å². The highest BCUT2D eigenvalue weighted by Gasteiger charge is 2.20. The maximum atomic E-state index is 14.2. The summed E-state index contributed by atoms with van der Waals surface area (Å²) in [5.41, 5.74) is 5.99. The molecular weight excluding hydrogens is 470 g/mol. The lowest BCUT2D eigenvalue weighted by molar-refractivity contribution is -0.384. The van der Waals surface area contributed by atoms with Gasteiger partial charge >= 0.3 is 0 Å². The van der Waals surface area contributed by atoms with Gasteiger partial charge in [-0.15, -0.1) is 0 Å². The van der Waals surface area contributed by atoms with E-state index in [1.54, 1.807) is 36.4 Å². The molecule has 0 fully saturated rings. The van der Waals surface area contributed by atoms with Crippen molar-refractivity contribution in [1.82, 2.24) is 0 Å². The Balaban J connectivity index is 1.70. The number of anilines is 3. The number of nitrogens with one attached hydrogen (secondary N) is 2.